The van der Waals surface area contributed by atoms with Gasteiger partial charge in [-0.05, 0) is 28.8 Å². The van der Waals surface area contributed by atoms with E-state index in [0.717, 1.165) is 15.2 Å². The summed E-state index contributed by atoms with van der Waals surface area (Å²) in [6.07, 6.45) is 5.86. The van der Waals surface area contributed by atoms with Crippen LogP contribution in [0.4, 0.5) is 5.69 Å². The fourth-order valence-electron chi connectivity index (χ4n) is 1.20. The molecule has 1 aromatic rings. The van der Waals surface area contributed by atoms with Crippen molar-refractivity contribution in [2.24, 2.45) is 0 Å². The van der Waals surface area contributed by atoms with Crippen molar-refractivity contribution in [3.8, 4) is 0 Å². The Labute approximate surface area is 91.0 Å². The fraction of sp³-hybridized carbons (Fsp3) is 0.333. The molecule has 0 bridgehead atoms. The Kier molecular flexibility index (Phi) is 2.47. The summed E-state index contributed by atoms with van der Waals surface area (Å²) in [6, 6.07) is 1.42. The van der Waals surface area contributed by atoms with E-state index in [0.29, 0.717) is 0 Å². The predicted molar refractivity (Wildman–Crippen MR) is 57.8 cm³/mol. The van der Waals surface area contributed by atoms with E-state index in [4.69, 9.17) is 11.6 Å². The highest BCUT2D eigenvalue weighted by molar-refractivity contribution is 9.10. The lowest BCUT2D eigenvalue weighted by Crippen LogP contribution is -2.14. The van der Waals surface area contributed by atoms with Gasteiger partial charge in [0.2, 0.25) is 0 Å². The number of anilines is 1. The van der Waals surface area contributed by atoms with Crippen LogP contribution in [0, 0.1) is 6.04 Å². The molecule has 1 aliphatic carbocycles. The molecule has 1 fully saturated rings. The van der Waals surface area contributed by atoms with Gasteiger partial charge >= 0.3 is 0 Å². The van der Waals surface area contributed by atoms with Gasteiger partial charge in [-0.3, -0.25) is 4.98 Å². The Bertz CT molecular complexity index is 325. The van der Waals surface area contributed by atoms with Gasteiger partial charge in [0.1, 0.15) is 0 Å². The van der Waals surface area contributed by atoms with Gasteiger partial charge in [-0.25, -0.2) is 0 Å². The lowest BCUT2D eigenvalue weighted by molar-refractivity contribution is 1.05. The largest absolute Gasteiger partial charge is 0.364 e. The van der Waals surface area contributed by atoms with Crippen LogP contribution in [0.3, 0.4) is 0 Å². The van der Waals surface area contributed by atoms with Crippen LogP contribution in [-0.4, -0.2) is 12.0 Å². The van der Waals surface area contributed by atoms with Gasteiger partial charge in [-0.1, -0.05) is 11.6 Å². The highest BCUT2D eigenvalue weighted by Gasteiger charge is 2.29. The first-order valence-electron chi connectivity index (χ1n) is 4.07. The van der Waals surface area contributed by atoms with Crippen molar-refractivity contribution in [1.29, 1.82) is 0 Å². The summed E-state index contributed by atoms with van der Waals surface area (Å²) in [5.74, 6) is 0. The predicted octanol–water partition coefficient (Wildman–Crippen LogP) is 3.26. The summed E-state index contributed by atoms with van der Waals surface area (Å²) >= 11 is 9.47. The lowest BCUT2D eigenvalue weighted by Gasteiger charge is -2.18. The Balaban J connectivity index is 2.32. The summed E-state index contributed by atoms with van der Waals surface area (Å²) in [4.78, 5) is 6.20. The molecule has 0 N–H and O–H groups in total. The van der Waals surface area contributed by atoms with E-state index >= 15 is 0 Å². The van der Waals surface area contributed by atoms with Gasteiger partial charge < -0.3 is 4.90 Å². The van der Waals surface area contributed by atoms with E-state index in [9.17, 15) is 0 Å². The number of nitrogens with zero attached hydrogens (tertiary/aromatic N) is 2. The van der Waals surface area contributed by atoms with Crippen LogP contribution < -0.4 is 4.90 Å². The second-order valence-corrected chi connectivity index (χ2v) is 4.31. The quantitative estimate of drug-likeness (QED) is 0.811. The summed E-state index contributed by atoms with van der Waals surface area (Å²) in [5, 5.41) is 0.733. The first-order chi connectivity index (χ1) is 6.20. The maximum atomic E-state index is 6.12. The van der Waals surface area contributed by atoms with Crippen LogP contribution in [0.5, 0.6) is 0 Å². The minimum Gasteiger partial charge on any atom is -0.364 e. The van der Waals surface area contributed by atoms with Crippen LogP contribution in [0.25, 0.3) is 0 Å². The molecule has 1 heterocycles. The van der Waals surface area contributed by atoms with Gasteiger partial charge in [0.25, 0.3) is 0 Å². The molecule has 0 saturated heterocycles. The molecule has 0 spiro atoms. The van der Waals surface area contributed by atoms with Gasteiger partial charge in [-0.15, -0.1) is 0 Å². The van der Waals surface area contributed by atoms with Crippen molar-refractivity contribution in [2.45, 2.75) is 12.8 Å². The molecule has 69 valence electrons. The van der Waals surface area contributed by atoms with Crippen LogP contribution in [0.1, 0.15) is 12.8 Å². The molecule has 0 atom stereocenters. The van der Waals surface area contributed by atoms with Gasteiger partial charge in [0.15, 0.2) is 0 Å². The molecular weight excluding hydrogens is 251 g/mol. The topological polar surface area (TPSA) is 16.1 Å². The second kappa shape index (κ2) is 3.46. The maximum absolute atomic E-state index is 6.12. The minimum absolute atomic E-state index is 0.733. The molecule has 2 nitrogen and oxygen atoms in total. The highest BCUT2D eigenvalue weighted by Crippen LogP contribution is 2.41. The average molecular weight is 261 g/mol. The van der Waals surface area contributed by atoms with Crippen molar-refractivity contribution in [3.63, 3.8) is 0 Å². The Morgan fingerprint density at radius 1 is 1.46 bits per heavy atom. The maximum Gasteiger partial charge on any atom is 0.0813 e. The van der Waals surface area contributed by atoms with Crippen LogP contribution in [0.2, 0.25) is 5.02 Å². The first kappa shape index (κ1) is 9.28. The van der Waals surface area contributed by atoms with Crippen LogP contribution in [-0.2, 0) is 0 Å². The van der Waals surface area contributed by atoms with Gasteiger partial charge in [0, 0.05) is 13.2 Å². The van der Waals surface area contributed by atoms with Crippen molar-refractivity contribution < 1.29 is 0 Å². The van der Waals surface area contributed by atoms with E-state index in [2.05, 4.69) is 25.8 Å². The third-order valence-corrected chi connectivity index (χ3v) is 3.36. The Morgan fingerprint density at radius 3 is 2.77 bits per heavy atom. The monoisotopic (exact) mass is 259 g/mol. The molecular formula is C9H9BrClN2. The fourth-order valence-corrected chi connectivity index (χ4v) is 1.75. The van der Waals surface area contributed by atoms with Crippen molar-refractivity contribution in [3.05, 3.63) is 27.9 Å². The molecule has 1 saturated carbocycles. The summed E-state index contributed by atoms with van der Waals surface area (Å²) in [5.41, 5.74) is 0.976. The normalized spacial score (nSPS) is 15.9. The van der Waals surface area contributed by atoms with Gasteiger partial charge in [-0.2, -0.15) is 0 Å². The molecule has 1 aliphatic rings. The molecule has 0 aromatic carbocycles. The number of rotatable bonds is 2. The minimum atomic E-state index is 0.733. The number of pyridine rings is 1. The molecule has 2 rings (SSSR count). The van der Waals surface area contributed by atoms with E-state index in [1.807, 2.05) is 7.05 Å². The van der Waals surface area contributed by atoms with Crippen LogP contribution in [0.15, 0.2) is 16.9 Å². The highest BCUT2D eigenvalue weighted by atomic mass is 79.9. The molecule has 1 aromatic heterocycles. The molecule has 0 unspecified atom stereocenters. The summed E-state index contributed by atoms with van der Waals surface area (Å²) < 4.78 is 0.847. The SMILES string of the molecule is CN([C]1CC1)c1cncc(Br)c1Cl. The standard InChI is InChI=1S/C9H9BrClN2/c1-13(6-2-3-6)8-5-12-4-7(10)9(8)11/h4-5H,2-3H2,1H3. The van der Waals surface area contributed by atoms with Crippen molar-refractivity contribution in [1.82, 2.24) is 4.98 Å². The smallest absolute Gasteiger partial charge is 0.0813 e. The Hall–Kier alpha value is -0.280. The first-order valence-corrected chi connectivity index (χ1v) is 5.24. The van der Waals surface area contributed by atoms with Crippen molar-refractivity contribution in [2.75, 3.05) is 11.9 Å². The van der Waals surface area contributed by atoms with E-state index < -0.39 is 0 Å². The molecule has 13 heavy (non-hydrogen) atoms. The number of hydrogen-bond donors (Lipinski definition) is 0. The molecule has 4 heteroatoms. The zero-order chi connectivity index (χ0) is 9.42. The van der Waals surface area contributed by atoms with Gasteiger partial charge in [0.05, 0.1) is 27.4 Å². The third kappa shape index (κ3) is 1.81. The zero-order valence-corrected chi connectivity index (χ0v) is 9.56. The number of hydrogen-bond acceptors (Lipinski definition) is 2. The third-order valence-electron chi connectivity index (χ3n) is 2.13. The summed E-state index contributed by atoms with van der Waals surface area (Å²) in [7, 11) is 2.03. The zero-order valence-electron chi connectivity index (χ0n) is 7.22. The van der Waals surface area contributed by atoms with E-state index in [-0.39, 0.29) is 0 Å². The van der Waals surface area contributed by atoms with Crippen molar-refractivity contribution >= 4 is 33.2 Å². The number of aromatic nitrogens is 1. The van der Waals surface area contributed by atoms with E-state index in [1.54, 1.807) is 12.4 Å². The lowest BCUT2D eigenvalue weighted by atomic mass is 10.4. The molecule has 0 amide bonds. The summed E-state index contributed by atoms with van der Waals surface area (Å²) in [6.45, 7) is 0. The Morgan fingerprint density at radius 2 is 2.15 bits per heavy atom. The van der Waals surface area contributed by atoms with Crippen LogP contribution >= 0.6 is 27.5 Å². The second-order valence-electron chi connectivity index (χ2n) is 3.08. The van der Waals surface area contributed by atoms with E-state index in [1.165, 1.54) is 18.9 Å². The molecule has 1 radical (unpaired) electrons. The average Bonchev–Trinajstić information content (AvgIpc) is 2.91. The molecule has 0 aliphatic heterocycles. The number of halogens is 2.